The predicted molar refractivity (Wildman–Crippen MR) is 142 cm³/mol. The zero-order chi connectivity index (χ0) is 26.9. The van der Waals surface area contributed by atoms with Crippen molar-refractivity contribution >= 4 is 28.1 Å². The molecular weight excluding hydrogens is 510 g/mol. The Labute approximate surface area is 220 Å². The maximum Gasteiger partial charge on any atom is 0.270 e. The molecule has 0 spiro atoms. The van der Waals surface area contributed by atoms with Crippen LogP contribution in [0.1, 0.15) is 16.1 Å². The highest BCUT2D eigenvalue weighted by Crippen LogP contribution is 2.53. The molecule has 2 aliphatic rings. The summed E-state index contributed by atoms with van der Waals surface area (Å²) in [5, 5.41) is 13.0. The molecule has 0 saturated carbocycles. The molecule has 11 heteroatoms. The number of amides is 2. The van der Waals surface area contributed by atoms with E-state index in [9.17, 15) is 23.8 Å². The summed E-state index contributed by atoms with van der Waals surface area (Å²) in [5.74, 6) is 5.64. The SMILES string of the molecule is CN1C(=O)[C@@H](NC(=O)c2cc(Oc3ccccc3)ccn2)COc2ccc(C#CC3(O)CS(O)(O)C3)cc21. The van der Waals surface area contributed by atoms with Gasteiger partial charge in [-0.1, -0.05) is 30.0 Å². The minimum absolute atomic E-state index is 0.0822. The normalized spacial score (nSPS) is 19.8. The number of carbonyl (C=O) groups is 2. The van der Waals surface area contributed by atoms with Crippen LogP contribution >= 0.6 is 10.6 Å². The Kier molecular flexibility index (Phi) is 6.73. The van der Waals surface area contributed by atoms with Crippen molar-refractivity contribution in [2.24, 2.45) is 0 Å². The monoisotopic (exact) mass is 535 g/mol. The molecule has 2 amide bonds. The zero-order valence-electron chi connectivity index (χ0n) is 20.3. The van der Waals surface area contributed by atoms with E-state index in [1.165, 1.54) is 17.2 Å². The summed E-state index contributed by atoms with van der Waals surface area (Å²) in [6.07, 6.45) is 1.45. The topological polar surface area (TPSA) is 141 Å². The number of ether oxygens (including phenoxy) is 2. The van der Waals surface area contributed by atoms with Gasteiger partial charge in [0, 0.05) is 24.9 Å². The standard InChI is InChI=1S/C27H25N3O7S/c1-30-23-13-18(9-11-27(33)16-38(34,35)17-27)7-8-24(23)36-15-22(26(30)32)29-25(31)21-14-20(10-12-28-21)37-19-5-3-2-4-6-19/h2-8,10,12-14,22,33-35H,15-17H2,1H3,(H,29,31)/t22-/m0/s1. The van der Waals surface area contributed by atoms with Crippen molar-refractivity contribution in [2.45, 2.75) is 11.6 Å². The summed E-state index contributed by atoms with van der Waals surface area (Å²) in [6.45, 7) is -0.0925. The van der Waals surface area contributed by atoms with Crippen LogP contribution in [0.25, 0.3) is 0 Å². The van der Waals surface area contributed by atoms with Gasteiger partial charge in [-0.3, -0.25) is 23.7 Å². The first-order valence-corrected chi connectivity index (χ1v) is 13.5. The van der Waals surface area contributed by atoms with Gasteiger partial charge < -0.3 is 24.8 Å². The number of hydrogen-bond acceptors (Lipinski definition) is 8. The number of rotatable bonds is 4. The Morgan fingerprint density at radius 3 is 2.66 bits per heavy atom. The van der Waals surface area contributed by atoms with E-state index in [-0.39, 0.29) is 23.8 Å². The first-order chi connectivity index (χ1) is 18.1. The molecule has 3 heterocycles. The van der Waals surface area contributed by atoms with Crippen LogP contribution in [-0.2, 0) is 4.79 Å². The summed E-state index contributed by atoms with van der Waals surface area (Å²) >= 11 is 0. The lowest BCUT2D eigenvalue weighted by molar-refractivity contribution is -0.120. The summed E-state index contributed by atoms with van der Waals surface area (Å²) < 4.78 is 30.7. The van der Waals surface area contributed by atoms with E-state index >= 15 is 0 Å². The molecule has 1 fully saturated rings. The van der Waals surface area contributed by atoms with E-state index in [1.54, 1.807) is 43.4 Å². The average molecular weight is 536 g/mol. The maximum atomic E-state index is 13.2. The fourth-order valence-corrected chi connectivity index (χ4v) is 5.71. The smallest absolute Gasteiger partial charge is 0.270 e. The summed E-state index contributed by atoms with van der Waals surface area (Å²) in [4.78, 5) is 31.6. The molecule has 5 rings (SSSR count). The number of para-hydroxylation sites is 1. The Morgan fingerprint density at radius 1 is 1.16 bits per heavy atom. The third kappa shape index (κ3) is 5.58. The van der Waals surface area contributed by atoms with E-state index in [4.69, 9.17) is 9.47 Å². The van der Waals surface area contributed by atoms with Crippen LogP contribution < -0.4 is 19.7 Å². The van der Waals surface area contributed by atoms with Crippen LogP contribution in [0.2, 0.25) is 0 Å². The van der Waals surface area contributed by atoms with Crippen LogP contribution in [0.5, 0.6) is 17.2 Å². The molecular formula is C27H25N3O7S. The fourth-order valence-electron chi connectivity index (χ4n) is 4.12. The van der Waals surface area contributed by atoms with Gasteiger partial charge in [-0.25, -0.2) is 0 Å². The van der Waals surface area contributed by atoms with E-state index in [2.05, 4.69) is 22.1 Å². The molecule has 196 valence electrons. The van der Waals surface area contributed by atoms with E-state index in [0.717, 1.165) is 0 Å². The van der Waals surface area contributed by atoms with Gasteiger partial charge in [0.25, 0.3) is 11.8 Å². The van der Waals surface area contributed by atoms with Crippen LogP contribution in [0.3, 0.4) is 0 Å². The number of likely N-dealkylation sites (N-methyl/N-ethyl adjacent to an activating group) is 1. The Balaban J connectivity index is 1.28. The number of aromatic nitrogens is 1. The van der Waals surface area contributed by atoms with Gasteiger partial charge in [0.05, 0.1) is 17.2 Å². The third-order valence-corrected chi connectivity index (χ3v) is 7.86. The minimum atomic E-state index is -2.75. The number of hydrogen-bond donors (Lipinski definition) is 4. The van der Waals surface area contributed by atoms with Gasteiger partial charge in [0.1, 0.15) is 35.6 Å². The van der Waals surface area contributed by atoms with Crippen molar-refractivity contribution in [3.8, 4) is 29.1 Å². The maximum absolute atomic E-state index is 13.2. The second-order valence-corrected chi connectivity index (χ2v) is 11.3. The number of pyridine rings is 1. The lowest BCUT2D eigenvalue weighted by Gasteiger charge is -2.50. The molecule has 2 aromatic carbocycles. The van der Waals surface area contributed by atoms with Crippen LogP contribution in [0.4, 0.5) is 5.69 Å². The van der Waals surface area contributed by atoms with Crippen molar-refractivity contribution in [2.75, 3.05) is 30.1 Å². The Hall–Kier alpha value is -4.08. The molecule has 0 unspecified atom stereocenters. The van der Waals surface area contributed by atoms with Gasteiger partial charge in [0.2, 0.25) is 0 Å². The number of aliphatic hydroxyl groups is 1. The fraction of sp³-hybridized carbons (Fsp3) is 0.222. The number of anilines is 1. The van der Waals surface area contributed by atoms with Gasteiger partial charge in [-0.15, -0.1) is 0 Å². The van der Waals surface area contributed by atoms with Crippen LogP contribution in [-0.4, -0.2) is 67.8 Å². The largest absolute Gasteiger partial charge is 0.489 e. The molecule has 38 heavy (non-hydrogen) atoms. The molecule has 1 saturated heterocycles. The molecule has 0 aliphatic carbocycles. The minimum Gasteiger partial charge on any atom is -0.489 e. The number of fused-ring (bicyclic) bond motifs is 1. The average Bonchev–Trinajstić information content (AvgIpc) is 2.99. The van der Waals surface area contributed by atoms with Gasteiger partial charge in [-0.05, 0) is 36.4 Å². The molecule has 1 aromatic heterocycles. The predicted octanol–water partition coefficient (Wildman–Crippen LogP) is 2.87. The van der Waals surface area contributed by atoms with Gasteiger partial charge >= 0.3 is 0 Å². The lowest BCUT2D eigenvalue weighted by Crippen LogP contribution is -2.50. The van der Waals surface area contributed by atoms with Crippen molar-refractivity contribution in [1.29, 1.82) is 0 Å². The Morgan fingerprint density at radius 2 is 1.92 bits per heavy atom. The van der Waals surface area contributed by atoms with Crippen molar-refractivity contribution in [1.82, 2.24) is 10.3 Å². The van der Waals surface area contributed by atoms with Gasteiger partial charge in [-0.2, -0.15) is 10.6 Å². The van der Waals surface area contributed by atoms with E-state index in [0.29, 0.717) is 28.5 Å². The molecule has 1 atom stereocenters. The lowest BCUT2D eigenvalue weighted by atomic mass is 10.1. The van der Waals surface area contributed by atoms with Gasteiger partial charge in [0.15, 0.2) is 5.60 Å². The summed E-state index contributed by atoms with van der Waals surface area (Å²) in [5.41, 5.74) is -0.416. The number of nitrogens with one attached hydrogen (secondary N) is 1. The summed E-state index contributed by atoms with van der Waals surface area (Å²) in [6, 6.07) is 16.2. The first-order valence-electron chi connectivity index (χ1n) is 11.6. The highest BCUT2D eigenvalue weighted by Gasteiger charge is 2.46. The highest BCUT2D eigenvalue weighted by molar-refractivity contribution is 8.25. The second kappa shape index (κ2) is 10.00. The zero-order valence-corrected chi connectivity index (χ0v) is 21.1. The van der Waals surface area contributed by atoms with Crippen molar-refractivity contribution in [3.63, 3.8) is 0 Å². The van der Waals surface area contributed by atoms with Crippen molar-refractivity contribution in [3.05, 3.63) is 78.1 Å². The molecule has 3 aromatic rings. The number of carbonyl (C=O) groups excluding carboxylic acids is 2. The third-order valence-electron chi connectivity index (χ3n) is 5.98. The molecule has 4 N–H and O–H groups in total. The molecule has 2 aliphatic heterocycles. The molecule has 10 nitrogen and oxygen atoms in total. The van der Waals surface area contributed by atoms with Crippen LogP contribution in [0.15, 0.2) is 66.9 Å². The van der Waals surface area contributed by atoms with E-state index < -0.39 is 34.0 Å². The van der Waals surface area contributed by atoms with Crippen molar-refractivity contribution < 1.29 is 33.3 Å². The highest BCUT2D eigenvalue weighted by atomic mass is 32.3. The van der Waals surface area contributed by atoms with E-state index in [1.807, 2.05) is 18.2 Å². The number of benzene rings is 2. The Bertz CT molecular complexity index is 1440. The summed E-state index contributed by atoms with van der Waals surface area (Å²) in [7, 11) is -1.19. The first kappa shape index (κ1) is 25.6. The molecule has 0 bridgehead atoms. The number of nitrogens with zero attached hydrogens (tertiary/aromatic N) is 2. The van der Waals surface area contributed by atoms with Crippen LogP contribution in [0, 0.1) is 11.8 Å². The quantitative estimate of drug-likeness (QED) is 0.374. The molecule has 0 radical (unpaired) electrons. The second-order valence-electron chi connectivity index (χ2n) is 9.08.